The highest BCUT2D eigenvalue weighted by Gasteiger charge is 2.20. The van der Waals surface area contributed by atoms with Gasteiger partial charge < -0.3 is 10.6 Å². The number of aromatic nitrogens is 2. The molecule has 0 bridgehead atoms. The molecule has 156 valence electrons. The van der Waals surface area contributed by atoms with Crippen molar-refractivity contribution in [3.63, 3.8) is 0 Å². The van der Waals surface area contributed by atoms with E-state index in [9.17, 15) is 9.59 Å². The smallest absolute Gasteiger partial charge is 0.226 e. The Morgan fingerprint density at radius 3 is 2.43 bits per heavy atom. The summed E-state index contributed by atoms with van der Waals surface area (Å²) in [5.41, 5.74) is 2.80. The van der Waals surface area contributed by atoms with E-state index in [0.29, 0.717) is 29.8 Å². The summed E-state index contributed by atoms with van der Waals surface area (Å²) in [6.45, 7) is 8.07. The van der Waals surface area contributed by atoms with E-state index in [0.717, 1.165) is 35.7 Å². The van der Waals surface area contributed by atoms with Gasteiger partial charge in [0, 0.05) is 19.3 Å². The first kappa shape index (κ1) is 22.6. The van der Waals surface area contributed by atoms with Gasteiger partial charge in [0.2, 0.25) is 16.9 Å². The molecule has 8 nitrogen and oxygen atoms in total. The molecule has 0 spiro atoms. The molecule has 2 heterocycles. The first-order chi connectivity index (χ1) is 13.3. The number of unbranched alkanes of at least 4 members (excludes halogenated alkanes) is 1. The van der Waals surface area contributed by atoms with Gasteiger partial charge in [-0.15, -0.1) is 10.2 Å². The van der Waals surface area contributed by atoms with Crippen molar-refractivity contribution in [1.82, 2.24) is 20.9 Å². The van der Waals surface area contributed by atoms with Gasteiger partial charge in [0.25, 0.3) is 0 Å². The van der Waals surface area contributed by atoms with Crippen molar-refractivity contribution >= 4 is 45.1 Å². The fourth-order valence-electron chi connectivity index (χ4n) is 2.57. The minimum Gasteiger partial charge on any atom is -0.326 e. The summed E-state index contributed by atoms with van der Waals surface area (Å²) >= 11 is 3.00. The number of hydrogen-bond acceptors (Lipinski definition) is 8. The van der Waals surface area contributed by atoms with Gasteiger partial charge in [0.05, 0.1) is 5.04 Å². The summed E-state index contributed by atoms with van der Waals surface area (Å²) in [6, 6.07) is 0. The van der Waals surface area contributed by atoms with E-state index in [1.54, 1.807) is 11.8 Å². The minimum atomic E-state index is -0.165. The zero-order valence-corrected chi connectivity index (χ0v) is 18.6. The highest BCUT2D eigenvalue weighted by molar-refractivity contribution is 8.14. The van der Waals surface area contributed by atoms with Crippen molar-refractivity contribution in [2.75, 3.05) is 5.32 Å². The quantitative estimate of drug-likeness (QED) is 0.468. The van der Waals surface area contributed by atoms with E-state index in [2.05, 4.69) is 31.4 Å². The molecule has 0 fully saturated rings. The lowest BCUT2D eigenvalue weighted by Gasteiger charge is -2.12. The van der Waals surface area contributed by atoms with Crippen molar-refractivity contribution in [3.8, 4) is 0 Å². The summed E-state index contributed by atoms with van der Waals surface area (Å²) in [5, 5.41) is 20.7. The lowest BCUT2D eigenvalue weighted by molar-refractivity contribution is -0.122. The van der Waals surface area contributed by atoms with Crippen LogP contribution in [0.25, 0.3) is 0 Å². The van der Waals surface area contributed by atoms with Crippen LogP contribution in [0.5, 0.6) is 0 Å². The van der Waals surface area contributed by atoms with E-state index in [1.807, 2.05) is 27.7 Å². The molecule has 2 rings (SSSR count). The molecular weight excluding hydrogens is 396 g/mol. The topological polar surface area (TPSA) is 108 Å². The van der Waals surface area contributed by atoms with Gasteiger partial charge in [-0.1, -0.05) is 50.8 Å². The van der Waals surface area contributed by atoms with E-state index in [1.165, 1.54) is 11.3 Å². The summed E-state index contributed by atoms with van der Waals surface area (Å²) in [6.07, 6.45) is 4.66. The number of hydrogen-bond donors (Lipinski definition) is 3. The van der Waals surface area contributed by atoms with Gasteiger partial charge in [-0.3, -0.25) is 15.0 Å². The van der Waals surface area contributed by atoms with Crippen molar-refractivity contribution in [1.29, 1.82) is 0 Å². The monoisotopic (exact) mass is 426 g/mol. The van der Waals surface area contributed by atoms with Crippen LogP contribution >= 0.6 is 23.1 Å². The predicted octanol–water partition coefficient (Wildman–Crippen LogP) is 3.33. The van der Waals surface area contributed by atoms with Crippen molar-refractivity contribution in [2.24, 2.45) is 16.9 Å². The SMILES string of the molecule is CC(C)CC(=O)Nc1nnc(CCCCC2=NNC(NC(=O)CC(C)C)S2)s1. The normalized spacial score (nSPS) is 16.2. The third-order valence-electron chi connectivity index (χ3n) is 3.78. The summed E-state index contributed by atoms with van der Waals surface area (Å²) in [4.78, 5) is 23.6. The molecule has 2 amide bonds. The van der Waals surface area contributed by atoms with E-state index >= 15 is 0 Å². The zero-order valence-electron chi connectivity index (χ0n) is 16.9. The van der Waals surface area contributed by atoms with Crippen LogP contribution in [0.4, 0.5) is 5.13 Å². The van der Waals surface area contributed by atoms with Gasteiger partial charge >= 0.3 is 0 Å². The summed E-state index contributed by atoms with van der Waals surface area (Å²) < 4.78 is 0. The van der Waals surface area contributed by atoms with Crippen molar-refractivity contribution in [3.05, 3.63) is 5.01 Å². The Kier molecular flexibility index (Phi) is 9.17. The molecular formula is C18H30N6O2S2. The molecule has 0 saturated heterocycles. The Hall–Kier alpha value is -1.68. The number of anilines is 1. The summed E-state index contributed by atoms with van der Waals surface area (Å²) in [5.74, 6) is 0.693. The first-order valence-corrected chi connectivity index (χ1v) is 11.4. The average Bonchev–Trinajstić information content (AvgIpc) is 3.19. The standard InChI is InChI=1S/C18H30N6O2S2/c1-11(2)9-13(25)19-17-23-21-15(27-17)7-5-6-8-16-22-24-18(28-16)20-14(26)10-12(3)4/h11-12,17,23H,5-10H2,1-4H3,(H,19,25)(H,20,24,26). The number of nitrogens with one attached hydrogen (secondary N) is 3. The third kappa shape index (κ3) is 8.55. The Bertz CT molecular complexity index is 689. The summed E-state index contributed by atoms with van der Waals surface area (Å²) in [7, 11) is 0. The van der Waals surface area contributed by atoms with Gasteiger partial charge in [-0.2, -0.15) is 5.10 Å². The molecule has 1 atom stereocenters. The number of thioether (sulfide) groups is 1. The Morgan fingerprint density at radius 1 is 1.04 bits per heavy atom. The average molecular weight is 427 g/mol. The highest BCUT2D eigenvalue weighted by Crippen LogP contribution is 2.22. The molecule has 1 unspecified atom stereocenters. The van der Waals surface area contributed by atoms with E-state index < -0.39 is 0 Å². The number of carbonyl (C=O) groups excluding carboxylic acids is 2. The molecule has 10 heteroatoms. The van der Waals surface area contributed by atoms with Crippen LogP contribution in [0.3, 0.4) is 0 Å². The Labute approximate surface area is 174 Å². The second kappa shape index (κ2) is 11.4. The second-order valence-corrected chi connectivity index (χ2v) is 9.89. The maximum Gasteiger partial charge on any atom is 0.226 e. The van der Waals surface area contributed by atoms with Gasteiger partial charge in [0.15, 0.2) is 5.50 Å². The predicted molar refractivity (Wildman–Crippen MR) is 115 cm³/mol. The molecule has 0 saturated carbocycles. The third-order valence-corrected chi connectivity index (χ3v) is 5.71. The molecule has 0 aliphatic carbocycles. The molecule has 1 aliphatic heterocycles. The fraction of sp³-hybridized carbons (Fsp3) is 0.722. The van der Waals surface area contributed by atoms with Crippen LogP contribution < -0.4 is 16.1 Å². The molecule has 0 aromatic carbocycles. The Morgan fingerprint density at radius 2 is 1.71 bits per heavy atom. The number of carbonyl (C=O) groups is 2. The lowest BCUT2D eigenvalue weighted by atomic mass is 10.1. The number of amides is 2. The van der Waals surface area contributed by atoms with Crippen LogP contribution in [0.1, 0.15) is 64.8 Å². The second-order valence-electron chi connectivity index (χ2n) is 7.65. The lowest BCUT2D eigenvalue weighted by Crippen LogP contribution is -2.39. The van der Waals surface area contributed by atoms with Crippen LogP contribution in [0, 0.1) is 11.8 Å². The van der Waals surface area contributed by atoms with Gasteiger partial charge in [-0.05, 0) is 31.1 Å². The largest absolute Gasteiger partial charge is 0.326 e. The van der Waals surface area contributed by atoms with Crippen LogP contribution in [-0.2, 0) is 16.0 Å². The van der Waals surface area contributed by atoms with Crippen molar-refractivity contribution in [2.45, 2.75) is 71.7 Å². The van der Waals surface area contributed by atoms with E-state index in [4.69, 9.17) is 0 Å². The first-order valence-electron chi connectivity index (χ1n) is 9.72. The minimum absolute atomic E-state index is 0.0171. The number of rotatable bonds is 11. The van der Waals surface area contributed by atoms with Crippen LogP contribution in [0.2, 0.25) is 0 Å². The maximum atomic E-state index is 11.8. The van der Waals surface area contributed by atoms with Crippen LogP contribution in [0.15, 0.2) is 5.10 Å². The molecule has 0 radical (unpaired) electrons. The fourth-order valence-corrected chi connectivity index (χ4v) is 4.30. The maximum absolute atomic E-state index is 11.8. The molecule has 28 heavy (non-hydrogen) atoms. The molecule has 1 aromatic heterocycles. The number of aryl methyl sites for hydroxylation is 1. The molecule has 1 aliphatic rings. The van der Waals surface area contributed by atoms with Crippen LogP contribution in [-0.4, -0.2) is 32.6 Å². The van der Waals surface area contributed by atoms with Crippen molar-refractivity contribution < 1.29 is 9.59 Å². The number of hydrazone groups is 1. The van der Waals surface area contributed by atoms with E-state index in [-0.39, 0.29) is 17.3 Å². The van der Waals surface area contributed by atoms with Gasteiger partial charge in [0.1, 0.15) is 5.01 Å². The molecule has 1 aromatic rings. The Balaban J connectivity index is 1.61. The zero-order chi connectivity index (χ0) is 20.5. The molecule has 3 N–H and O–H groups in total. The van der Waals surface area contributed by atoms with Gasteiger partial charge in [-0.25, -0.2) is 0 Å². The number of nitrogens with zero attached hydrogens (tertiary/aromatic N) is 3. The highest BCUT2D eigenvalue weighted by atomic mass is 32.2.